The molecule has 0 spiro atoms. The maximum atomic E-state index is 9.80. The molecule has 0 atom stereocenters. The third-order valence-electron chi connectivity index (χ3n) is 0.523. The van der Waals surface area contributed by atoms with Crippen molar-refractivity contribution < 1.29 is 19.4 Å². The molecule has 0 saturated carbocycles. The zero-order chi connectivity index (χ0) is 7.11. The fourth-order valence-corrected chi connectivity index (χ4v) is 0.292. The first kappa shape index (κ1) is 8.23. The fraction of sp³-hybridized carbons (Fsp3) is 0.800. The van der Waals surface area contributed by atoms with Gasteiger partial charge >= 0.3 is 6.16 Å². The van der Waals surface area contributed by atoms with Gasteiger partial charge in [0.2, 0.25) is 0 Å². The molecule has 1 aliphatic rings. The molecule has 0 bridgehead atoms. The highest BCUT2D eigenvalue weighted by atomic mass is 16.8. The number of carbonyl (C=O) groups is 1. The van der Waals surface area contributed by atoms with Crippen LogP contribution in [0.5, 0.6) is 0 Å². The van der Waals surface area contributed by atoms with Crippen molar-refractivity contribution in [3.8, 4) is 0 Å². The van der Waals surface area contributed by atoms with Crippen LogP contribution in [0, 0.1) is 0 Å². The molecule has 1 N–H and O–H groups in total. The van der Waals surface area contributed by atoms with Crippen LogP contribution in [0.4, 0.5) is 4.79 Å². The summed E-state index contributed by atoms with van der Waals surface area (Å²) in [6.07, 6.45) is -0.546. The van der Waals surface area contributed by atoms with Crippen LogP contribution in [0.1, 0.15) is 6.92 Å². The number of hydrogen-bond donors (Lipinski definition) is 1. The van der Waals surface area contributed by atoms with Gasteiger partial charge in [-0.25, -0.2) is 4.79 Å². The van der Waals surface area contributed by atoms with E-state index in [9.17, 15) is 4.79 Å². The third kappa shape index (κ3) is 5.10. The second-order valence-electron chi connectivity index (χ2n) is 1.26. The van der Waals surface area contributed by atoms with Gasteiger partial charge in [0.05, 0.1) is 0 Å². The van der Waals surface area contributed by atoms with Crippen molar-refractivity contribution in [2.75, 3.05) is 19.8 Å². The first-order chi connectivity index (χ1) is 4.31. The van der Waals surface area contributed by atoms with Crippen LogP contribution in [0.2, 0.25) is 0 Å². The van der Waals surface area contributed by atoms with Crippen LogP contribution in [-0.2, 0) is 9.47 Å². The maximum Gasteiger partial charge on any atom is 0.508 e. The van der Waals surface area contributed by atoms with Crippen molar-refractivity contribution >= 4 is 6.16 Å². The molecule has 1 fully saturated rings. The Balaban J connectivity index is 0.000000187. The van der Waals surface area contributed by atoms with E-state index in [0.29, 0.717) is 13.2 Å². The zero-order valence-corrected chi connectivity index (χ0v) is 5.29. The lowest BCUT2D eigenvalue weighted by molar-refractivity contribution is 0.131. The van der Waals surface area contributed by atoms with Crippen LogP contribution in [0.25, 0.3) is 0 Å². The summed E-state index contributed by atoms with van der Waals surface area (Å²) in [4.78, 5) is 9.80. The number of rotatable bonds is 0. The first-order valence-corrected chi connectivity index (χ1v) is 2.71. The average molecular weight is 134 g/mol. The van der Waals surface area contributed by atoms with Gasteiger partial charge in [0.1, 0.15) is 13.2 Å². The number of hydrogen-bond acceptors (Lipinski definition) is 4. The lowest BCUT2D eigenvalue weighted by Crippen LogP contribution is -1.88. The highest BCUT2D eigenvalue weighted by Gasteiger charge is 2.09. The number of carbonyl (C=O) groups excluding carboxylic acids is 1. The van der Waals surface area contributed by atoms with E-state index in [1.165, 1.54) is 0 Å². The van der Waals surface area contributed by atoms with E-state index in [-0.39, 0.29) is 6.61 Å². The molecule has 1 rings (SSSR count). The molecule has 9 heavy (non-hydrogen) atoms. The summed E-state index contributed by atoms with van der Waals surface area (Å²) in [6, 6.07) is 0. The van der Waals surface area contributed by atoms with Crippen LogP contribution in [0.15, 0.2) is 0 Å². The van der Waals surface area contributed by atoms with Crippen LogP contribution in [0.3, 0.4) is 0 Å². The van der Waals surface area contributed by atoms with E-state index in [4.69, 9.17) is 5.11 Å². The first-order valence-electron chi connectivity index (χ1n) is 2.71. The average Bonchev–Trinajstić information content (AvgIpc) is 2.20. The summed E-state index contributed by atoms with van der Waals surface area (Å²) in [7, 11) is 0. The molecule has 4 heteroatoms. The monoisotopic (exact) mass is 134 g/mol. The summed E-state index contributed by atoms with van der Waals surface area (Å²) in [5, 5.41) is 7.57. The minimum atomic E-state index is -0.546. The van der Waals surface area contributed by atoms with Crippen LogP contribution in [-0.4, -0.2) is 31.1 Å². The predicted molar refractivity (Wildman–Crippen MR) is 30.1 cm³/mol. The molecule has 0 unspecified atom stereocenters. The molecule has 0 aromatic rings. The Hall–Kier alpha value is -0.770. The molecular weight excluding hydrogens is 124 g/mol. The van der Waals surface area contributed by atoms with Gasteiger partial charge in [-0.1, -0.05) is 0 Å². The van der Waals surface area contributed by atoms with Crippen molar-refractivity contribution in [1.82, 2.24) is 0 Å². The molecule has 54 valence electrons. The Labute approximate surface area is 53.4 Å². The van der Waals surface area contributed by atoms with E-state index in [0.717, 1.165) is 0 Å². The van der Waals surface area contributed by atoms with Gasteiger partial charge in [-0.3, -0.25) is 0 Å². The molecule has 0 aliphatic carbocycles. The smallest absolute Gasteiger partial charge is 0.431 e. The lowest BCUT2D eigenvalue weighted by Gasteiger charge is -1.78. The summed E-state index contributed by atoms with van der Waals surface area (Å²) in [6.45, 7) is 2.76. The van der Waals surface area contributed by atoms with Gasteiger partial charge < -0.3 is 14.6 Å². The van der Waals surface area contributed by atoms with Crippen molar-refractivity contribution in [1.29, 1.82) is 0 Å². The molecule has 0 aromatic carbocycles. The molecule has 4 nitrogen and oxygen atoms in total. The molecule has 0 amide bonds. The van der Waals surface area contributed by atoms with E-state index in [2.05, 4.69) is 9.47 Å². The standard InChI is InChI=1S/C3H4O3.C2H6O/c4-3-5-1-2-6-3;1-2-3/h1-2H2;3H,2H2,1H3. The van der Waals surface area contributed by atoms with Crippen molar-refractivity contribution in [2.45, 2.75) is 6.92 Å². The van der Waals surface area contributed by atoms with E-state index >= 15 is 0 Å². The second kappa shape index (κ2) is 5.37. The molecular formula is C5H10O4. The zero-order valence-electron chi connectivity index (χ0n) is 5.29. The lowest BCUT2D eigenvalue weighted by atomic mass is 10.8. The van der Waals surface area contributed by atoms with Gasteiger partial charge in [-0.05, 0) is 6.92 Å². The second-order valence-corrected chi connectivity index (χ2v) is 1.26. The molecule has 0 aromatic heterocycles. The Bertz CT molecular complexity index is 73.0. The minimum absolute atomic E-state index is 0.250. The summed E-state index contributed by atoms with van der Waals surface area (Å²) < 4.78 is 8.58. The van der Waals surface area contributed by atoms with Crippen LogP contribution >= 0.6 is 0 Å². The van der Waals surface area contributed by atoms with Crippen molar-refractivity contribution in [3.63, 3.8) is 0 Å². The Morgan fingerprint density at radius 3 is 2.00 bits per heavy atom. The van der Waals surface area contributed by atoms with E-state index in [1.54, 1.807) is 6.92 Å². The number of aliphatic hydroxyl groups is 1. The summed E-state index contributed by atoms with van der Waals surface area (Å²) in [5.74, 6) is 0. The molecule has 1 aliphatic heterocycles. The third-order valence-corrected chi connectivity index (χ3v) is 0.523. The Kier molecular flexibility index (Phi) is 4.91. The number of cyclic esters (lactones) is 2. The topological polar surface area (TPSA) is 55.8 Å². The van der Waals surface area contributed by atoms with Gasteiger partial charge in [0, 0.05) is 6.61 Å². The Morgan fingerprint density at radius 1 is 1.56 bits per heavy atom. The number of aliphatic hydroxyl groups excluding tert-OH is 1. The van der Waals surface area contributed by atoms with E-state index in [1.807, 2.05) is 0 Å². The normalized spacial score (nSPS) is 15.1. The minimum Gasteiger partial charge on any atom is -0.431 e. The van der Waals surface area contributed by atoms with E-state index < -0.39 is 6.16 Å². The predicted octanol–water partition coefficient (Wildman–Crippen LogP) is 0.152. The number of ether oxygens (including phenoxy) is 2. The molecule has 1 saturated heterocycles. The maximum absolute atomic E-state index is 9.80. The molecule has 1 heterocycles. The Morgan fingerprint density at radius 2 is 1.89 bits per heavy atom. The van der Waals surface area contributed by atoms with Crippen molar-refractivity contribution in [3.05, 3.63) is 0 Å². The van der Waals surface area contributed by atoms with Gasteiger partial charge in [-0.15, -0.1) is 0 Å². The highest BCUT2D eigenvalue weighted by molar-refractivity contribution is 5.61. The summed E-state index contributed by atoms with van der Waals surface area (Å²) in [5.41, 5.74) is 0. The van der Waals surface area contributed by atoms with Crippen LogP contribution < -0.4 is 0 Å². The quantitative estimate of drug-likeness (QED) is 0.479. The molecule has 0 radical (unpaired) electrons. The SMILES string of the molecule is CCO.O=C1OCCO1. The highest BCUT2D eigenvalue weighted by Crippen LogP contribution is 1.92. The van der Waals surface area contributed by atoms with Crippen molar-refractivity contribution in [2.24, 2.45) is 0 Å². The fourth-order valence-electron chi connectivity index (χ4n) is 0.292. The van der Waals surface area contributed by atoms with Gasteiger partial charge in [-0.2, -0.15) is 0 Å². The summed E-state index contributed by atoms with van der Waals surface area (Å²) >= 11 is 0. The largest absolute Gasteiger partial charge is 0.508 e. The van der Waals surface area contributed by atoms with Gasteiger partial charge in [0.25, 0.3) is 0 Å². The van der Waals surface area contributed by atoms with Gasteiger partial charge in [0.15, 0.2) is 0 Å².